The first kappa shape index (κ1) is 31.7. The van der Waals surface area contributed by atoms with E-state index in [0.29, 0.717) is 28.5 Å². The van der Waals surface area contributed by atoms with Crippen LogP contribution in [-0.4, -0.2) is 31.3 Å². The summed E-state index contributed by atoms with van der Waals surface area (Å²) in [6, 6.07) is 10.8. The quantitative estimate of drug-likeness (QED) is 0.412. The van der Waals surface area contributed by atoms with E-state index in [1.54, 1.807) is 19.1 Å². The Kier molecular flexibility index (Phi) is 16.9. The zero-order valence-electron chi connectivity index (χ0n) is 21.4. The van der Waals surface area contributed by atoms with Crippen LogP contribution in [0, 0.1) is 41.7 Å². The molecule has 0 bridgehead atoms. The van der Waals surface area contributed by atoms with Gasteiger partial charge < -0.3 is 9.69 Å². The van der Waals surface area contributed by atoms with Gasteiger partial charge in [0.1, 0.15) is 24.0 Å². The lowest BCUT2D eigenvalue weighted by molar-refractivity contribution is -0.108. The Bertz CT molecular complexity index is 881. The van der Waals surface area contributed by atoms with Crippen LogP contribution in [0.5, 0.6) is 0 Å². The number of nitrogens with zero attached hydrogens (tertiary/aromatic N) is 2. The molecule has 1 unspecified atom stereocenters. The van der Waals surface area contributed by atoms with Crippen molar-refractivity contribution in [1.82, 2.24) is 4.90 Å². The number of carbonyl (C=O) groups excluding carboxylic acids is 1. The van der Waals surface area contributed by atoms with Crippen LogP contribution < -0.4 is 0 Å². The van der Waals surface area contributed by atoms with Crippen LogP contribution in [0.1, 0.15) is 63.6 Å². The fourth-order valence-electron chi connectivity index (χ4n) is 3.01. The number of hydrogen-bond donors (Lipinski definition) is 0. The van der Waals surface area contributed by atoms with Crippen molar-refractivity contribution in [3.63, 3.8) is 0 Å². The van der Waals surface area contributed by atoms with Crippen LogP contribution in [-0.2, 0) is 11.2 Å². The zero-order valence-corrected chi connectivity index (χ0v) is 22.1. The summed E-state index contributed by atoms with van der Waals surface area (Å²) in [5.41, 5.74) is 2.04. The summed E-state index contributed by atoms with van der Waals surface area (Å²) >= 11 is 5.71. The normalized spacial score (nSPS) is 15.4. The van der Waals surface area contributed by atoms with Crippen LogP contribution in [0.15, 0.2) is 36.4 Å². The van der Waals surface area contributed by atoms with Gasteiger partial charge in [-0.15, -0.1) is 0 Å². The highest BCUT2D eigenvalue weighted by molar-refractivity contribution is 6.31. The van der Waals surface area contributed by atoms with Crippen molar-refractivity contribution in [1.29, 1.82) is 5.26 Å². The van der Waals surface area contributed by atoms with Crippen molar-refractivity contribution in [2.45, 2.75) is 60.3 Å². The maximum Gasteiger partial charge on any atom is 0.126 e. The Morgan fingerprint density at radius 3 is 2.26 bits per heavy atom. The number of halogens is 3. The average Bonchev–Trinajstić information content (AvgIpc) is 3.19. The lowest BCUT2D eigenvalue weighted by Gasteiger charge is -2.03. The molecule has 0 amide bonds. The van der Waals surface area contributed by atoms with E-state index >= 15 is 0 Å². The molecule has 2 atom stereocenters. The molecule has 1 heterocycles. The topological polar surface area (TPSA) is 44.1 Å². The van der Waals surface area contributed by atoms with Crippen molar-refractivity contribution < 1.29 is 13.6 Å². The third-order valence-electron chi connectivity index (χ3n) is 5.46. The second kappa shape index (κ2) is 18.1. The van der Waals surface area contributed by atoms with Crippen molar-refractivity contribution >= 4 is 17.9 Å². The molecule has 0 aromatic heterocycles. The summed E-state index contributed by atoms with van der Waals surface area (Å²) in [5, 5.41) is 9.00. The van der Waals surface area contributed by atoms with Crippen molar-refractivity contribution in [3.05, 3.63) is 69.7 Å². The molecule has 0 spiro atoms. The number of likely N-dealkylation sites (tertiary alicyclic amines) is 1. The van der Waals surface area contributed by atoms with E-state index in [4.69, 9.17) is 16.9 Å². The molecule has 2 aromatic carbocycles. The third kappa shape index (κ3) is 14.1. The maximum atomic E-state index is 12.6. The number of benzene rings is 2. The summed E-state index contributed by atoms with van der Waals surface area (Å²) in [7, 11) is 2.18. The lowest BCUT2D eigenvalue weighted by Crippen LogP contribution is -2.12. The molecule has 0 N–H and O–H groups in total. The summed E-state index contributed by atoms with van der Waals surface area (Å²) in [6.45, 7) is 12.8. The highest BCUT2D eigenvalue weighted by Crippen LogP contribution is 2.15. The molecule has 0 radical (unpaired) electrons. The highest BCUT2D eigenvalue weighted by atomic mass is 35.5. The second-order valence-electron chi connectivity index (χ2n) is 8.76. The van der Waals surface area contributed by atoms with Gasteiger partial charge in [-0.05, 0) is 86.7 Å². The molecular formula is C28H39ClF2N2O. The van der Waals surface area contributed by atoms with Gasteiger partial charge in [0, 0.05) is 13.0 Å². The van der Waals surface area contributed by atoms with Crippen molar-refractivity contribution in [2.24, 2.45) is 11.8 Å². The lowest BCUT2D eigenvalue weighted by atomic mass is 10.1. The van der Waals surface area contributed by atoms with Crippen molar-refractivity contribution in [2.75, 3.05) is 20.1 Å². The summed E-state index contributed by atoms with van der Waals surface area (Å²) in [4.78, 5) is 12.2. The van der Waals surface area contributed by atoms with Crippen molar-refractivity contribution in [3.8, 4) is 6.07 Å². The van der Waals surface area contributed by atoms with Gasteiger partial charge in [-0.1, -0.05) is 51.8 Å². The van der Waals surface area contributed by atoms with Crippen LogP contribution in [0.3, 0.4) is 0 Å². The molecule has 0 saturated carbocycles. The van der Waals surface area contributed by atoms with E-state index in [1.807, 2.05) is 19.1 Å². The Morgan fingerprint density at radius 1 is 1.24 bits per heavy atom. The molecule has 2 aromatic rings. The van der Waals surface area contributed by atoms with Crippen LogP contribution in [0.2, 0.25) is 5.02 Å². The number of aryl methyl sites for hydroxylation is 2. The molecule has 1 aliphatic rings. The minimum absolute atomic E-state index is 0.330. The first-order chi connectivity index (χ1) is 16.1. The molecule has 3 nitrogen and oxygen atoms in total. The first-order valence-electron chi connectivity index (χ1n) is 11.8. The molecule has 1 aliphatic heterocycles. The largest absolute Gasteiger partial charge is 0.306 e. The molecule has 0 aliphatic carbocycles. The number of nitriles is 1. The molecule has 34 heavy (non-hydrogen) atoms. The predicted octanol–water partition coefficient (Wildman–Crippen LogP) is 7.63. The molecule has 1 saturated heterocycles. The van der Waals surface area contributed by atoms with Gasteiger partial charge in [0.25, 0.3) is 0 Å². The van der Waals surface area contributed by atoms with Gasteiger partial charge >= 0.3 is 0 Å². The number of rotatable bonds is 4. The molecule has 188 valence electrons. The van der Waals surface area contributed by atoms with Gasteiger partial charge in [-0.2, -0.15) is 5.26 Å². The second-order valence-corrected chi connectivity index (χ2v) is 9.16. The van der Waals surface area contributed by atoms with Crippen LogP contribution >= 0.6 is 11.6 Å². The number of carbonyl (C=O) groups is 1. The third-order valence-corrected chi connectivity index (χ3v) is 5.77. The fraction of sp³-hybridized carbons (Fsp3) is 0.500. The zero-order chi connectivity index (χ0) is 26.1. The Balaban J connectivity index is 0.000000434. The smallest absolute Gasteiger partial charge is 0.126 e. The van der Waals surface area contributed by atoms with Gasteiger partial charge in [0.15, 0.2) is 0 Å². The fourth-order valence-corrected chi connectivity index (χ4v) is 3.29. The maximum absolute atomic E-state index is 12.6. The Morgan fingerprint density at radius 2 is 1.91 bits per heavy atom. The van der Waals surface area contributed by atoms with E-state index in [1.165, 1.54) is 25.6 Å². The highest BCUT2D eigenvalue weighted by Gasteiger charge is 2.13. The first-order valence-corrected chi connectivity index (χ1v) is 12.2. The van der Waals surface area contributed by atoms with E-state index in [2.05, 4.69) is 32.7 Å². The van der Waals surface area contributed by atoms with Crippen LogP contribution in [0.4, 0.5) is 8.78 Å². The molecule has 1 fully saturated rings. The standard InChI is InChI=1S/C8H6ClN.C8H8F2.C6H13N.C6H12O/c1-6-2-3-7(5-10)8(9)4-6;1-2-6-5-7(9)3-4-8(6)10;1-6-3-4-7(2)5-6;1-3-6(2)4-5-7/h2-4H,1H3;3-5H,2H2,1H3;6H,3-5H2,1-2H3;5-6H,3-4H2,1-2H3/t;;6-;/m..0./s1. The van der Waals surface area contributed by atoms with Crippen LogP contribution in [0.25, 0.3) is 0 Å². The Hall–Kier alpha value is -2.29. The summed E-state index contributed by atoms with van der Waals surface area (Å²) in [6.07, 6.45) is 4.74. The van der Waals surface area contributed by atoms with E-state index < -0.39 is 0 Å². The van der Waals surface area contributed by atoms with E-state index in [-0.39, 0.29) is 11.6 Å². The summed E-state index contributed by atoms with van der Waals surface area (Å²) in [5.74, 6) is 0.824. The number of hydrogen-bond acceptors (Lipinski definition) is 3. The molecule has 3 rings (SSSR count). The van der Waals surface area contributed by atoms with Gasteiger partial charge in [-0.25, -0.2) is 8.78 Å². The average molecular weight is 493 g/mol. The van der Waals surface area contributed by atoms with E-state index in [9.17, 15) is 13.6 Å². The summed E-state index contributed by atoms with van der Waals surface area (Å²) < 4.78 is 25.0. The van der Waals surface area contributed by atoms with Gasteiger partial charge in [-0.3, -0.25) is 0 Å². The predicted molar refractivity (Wildman–Crippen MR) is 138 cm³/mol. The molecular weight excluding hydrogens is 454 g/mol. The monoisotopic (exact) mass is 492 g/mol. The van der Waals surface area contributed by atoms with E-state index in [0.717, 1.165) is 42.7 Å². The molecule has 6 heteroatoms. The van der Waals surface area contributed by atoms with Gasteiger partial charge in [0.05, 0.1) is 10.6 Å². The number of aldehydes is 1. The SMILES string of the molecule is CCC(C)CC=O.CCc1cc(F)ccc1F.C[C@H]1CCN(C)C1.Cc1ccc(C#N)c(Cl)c1. The Labute approximate surface area is 209 Å². The minimum atomic E-state index is -0.377. The minimum Gasteiger partial charge on any atom is -0.306 e. The van der Waals surface area contributed by atoms with Gasteiger partial charge in [0.2, 0.25) is 0 Å².